The Kier molecular flexibility index (Phi) is 6.48. The summed E-state index contributed by atoms with van der Waals surface area (Å²) in [5.41, 5.74) is 0. The maximum absolute atomic E-state index is 11.8. The lowest BCUT2D eigenvalue weighted by molar-refractivity contribution is 0.0917. The van der Waals surface area contributed by atoms with Crippen LogP contribution in [0.1, 0.15) is 22.7 Å². The van der Waals surface area contributed by atoms with Crippen molar-refractivity contribution in [3.63, 3.8) is 0 Å². The summed E-state index contributed by atoms with van der Waals surface area (Å²) in [4.78, 5) is 11.8. The van der Waals surface area contributed by atoms with Crippen LogP contribution in [0.2, 0.25) is 0 Å². The maximum Gasteiger partial charge on any atom is 0.286 e. The van der Waals surface area contributed by atoms with E-state index in [1.54, 1.807) is 19.2 Å². The number of ether oxygens (including phenoxy) is 2. The van der Waals surface area contributed by atoms with Crippen molar-refractivity contribution in [3.8, 4) is 5.75 Å². The van der Waals surface area contributed by atoms with Gasteiger partial charge in [-0.25, -0.2) is 0 Å². The van der Waals surface area contributed by atoms with E-state index in [1.807, 2.05) is 24.3 Å². The van der Waals surface area contributed by atoms with E-state index in [2.05, 4.69) is 21.2 Å². The third kappa shape index (κ3) is 5.20. The molecule has 1 aromatic carbocycles. The van der Waals surface area contributed by atoms with Gasteiger partial charge in [-0.1, -0.05) is 15.9 Å². The predicted molar refractivity (Wildman–Crippen MR) is 86.0 cm³/mol. The van der Waals surface area contributed by atoms with Gasteiger partial charge < -0.3 is 19.2 Å². The Morgan fingerprint density at radius 1 is 1.23 bits per heavy atom. The first kappa shape index (κ1) is 16.6. The van der Waals surface area contributed by atoms with Gasteiger partial charge >= 0.3 is 0 Å². The summed E-state index contributed by atoms with van der Waals surface area (Å²) in [5, 5.41) is 2.77. The van der Waals surface area contributed by atoms with Crippen molar-refractivity contribution in [2.24, 2.45) is 0 Å². The Labute approximate surface area is 137 Å². The molecule has 2 rings (SSSR count). The van der Waals surface area contributed by atoms with Gasteiger partial charge in [-0.3, -0.25) is 4.79 Å². The van der Waals surface area contributed by atoms with Crippen LogP contribution in [0.15, 0.2) is 45.3 Å². The number of carbonyl (C=O) groups is 1. The van der Waals surface area contributed by atoms with E-state index in [0.717, 1.165) is 16.6 Å². The zero-order chi connectivity index (χ0) is 15.8. The molecule has 2 aromatic rings. The van der Waals surface area contributed by atoms with E-state index in [0.29, 0.717) is 18.9 Å². The second-order valence-corrected chi connectivity index (χ2v) is 5.53. The highest BCUT2D eigenvalue weighted by Gasteiger charge is 2.10. The summed E-state index contributed by atoms with van der Waals surface area (Å²) in [5.74, 6) is 1.40. The molecule has 0 aliphatic carbocycles. The van der Waals surface area contributed by atoms with Crippen LogP contribution in [-0.2, 0) is 11.3 Å². The molecule has 0 aliphatic rings. The van der Waals surface area contributed by atoms with Gasteiger partial charge in [0.15, 0.2) is 5.76 Å². The van der Waals surface area contributed by atoms with E-state index >= 15 is 0 Å². The Morgan fingerprint density at radius 2 is 2.00 bits per heavy atom. The summed E-state index contributed by atoms with van der Waals surface area (Å²) in [6, 6.07) is 10.9. The van der Waals surface area contributed by atoms with Gasteiger partial charge in [0.1, 0.15) is 18.1 Å². The van der Waals surface area contributed by atoms with Gasteiger partial charge in [0.05, 0.1) is 0 Å². The first-order valence-corrected chi connectivity index (χ1v) is 7.72. The molecule has 1 heterocycles. The fourth-order valence-electron chi connectivity index (χ4n) is 1.77. The molecule has 118 valence electrons. The summed E-state index contributed by atoms with van der Waals surface area (Å²) in [6.07, 6.45) is 0.766. The Morgan fingerprint density at radius 3 is 2.73 bits per heavy atom. The molecule has 0 atom stereocenters. The molecule has 0 spiro atoms. The second-order valence-electron chi connectivity index (χ2n) is 4.61. The van der Waals surface area contributed by atoms with Gasteiger partial charge in [0, 0.05) is 24.7 Å². The van der Waals surface area contributed by atoms with Crippen molar-refractivity contribution in [2.75, 3.05) is 20.3 Å². The van der Waals surface area contributed by atoms with E-state index in [4.69, 9.17) is 13.9 Å². The number of hydrogen-bond donors (Lipinski definition) is 1. The lowest BCUT2D eigenvalue weighted by Gasteiger charge is -2.04. The lowest BCUT2D eigenvalue weighted by Crippen LogP contribution is -2.24. The molecular weight excluding hydrogens is 350 g/mol. The van der Waals surface area contributed by atoms with Crippen LogP contribution in [0, 0.1) is 0 Å². The standard InChI is InChI=1S/C16H18BrNO4/c1-20-10-2-9-18-16(19)15-8-7-14(22-15)11-21-13-5-3-12(17)4-6-13/h3-8H,2,9-11H2,1H3,(H,18,19). The van der Waals surface area contributed by atoms with Crippen LogP contribution in [0.5, 0.6) is 5.75 Å². The number of halogens is 1. The zero-order valence-corrected chi connectivity index (χ0v) is 13.9. The SMILES string of the molecule is COCCCNC(=O)c1ccc(COc2ccc(Br)cc2)o1. The molecule has 22 heavy (non-hydrogen) atoms. The zero-order valence-electron chi connectivity index (χ0n) is 12.3. The van der Waals surface area contributed by atoms with Gasteiger partial charge in [-0.15, -0.1) is 0 Å². The number of amides is 1. The van der Waals surface area contributed by atoms with Gasteiger partial charge in [-0.05, 0) is 42.8 Å². The third-order valence-corrected chi connectivity index (χ3v) is 3.42. The lowest BCUT2D eigenvalue weighted by atomic mass is 10.3. The molecule has 0 aliphatic heterocycles. The van der Waals surface area contributed by atoms with Crippen LogP contribution >= 0.6 is 15.9 Å². The number of carbonyl (C=O) groups excluding carboxylic acids is 1. The monoisotopic (exact) mass is 367 g/mol. The molecule has 0 saturated carbocycles. The molecule has 5 nitrogen and oxygen atoms in total. The van der Waals surface area contributed by atoms with Crippen LogP contribution in [0.4, 0.5) is 0 Å². The Hall–Kier alpha value is -1.79. The van der Waals surface area contributed by atoms with E-state index in [9.17, 15) is 4.79 Å². The van der Waals surface area contributed by atoms with Crippen molar-refractivity contribution in [3.05, 3.63) is 52.4 Å². The molecule has 0 fully saturated rings. The maximum atomic E-state index is 11.8. The number of methoxy groups -OCH3 is 1. The molecule has 1 aromatic heterocycles. The van der Waals surface area contributed by atoms with Crippen molar-refractivity contribution in [1.82, 2.24) is 5.32 Å². The molecule has 1 N–H and O–H groups in total. The molecule has 6 heteroatoms. The molecule has 0 unspecified atom stereocenters. The molecule has 0 saturated heterocycles. The average molecular weight is 368 g/mol. The molecular formula is C16H18BrNO4. The number of benzene rings is 1. The minimum Gasteiger partial charge on any atom is -0.486 e. The van der Waals surface area contributed by atoms with E-state index < -0.39 is 0 Å². The molecule has 0 bridgehead atoms. The minimum atomic E-state index is -0.231. The topological polar surface area (TPSA) is 60.7 Å². The average Bonchev–Trinajstić information content (AvgIpc) is 3.00. The van der Waals surface area contributed by atoms with Gasteiger partial charge in [-0.2, -0.15) is 0 Å². The van der Waals surface area contributed by atoms with Crippen LogP contribution in [0.3, 0.4) is 0 Å². The number of rotatable bonds is 8. The summed E-state index contributed by atoms with van der Waals surface area (Å²) in [7, 11) is 1.63. The van der Waals surface area contributed by atoms with E-state index in [-0.39, 0.29) is 18.3 Å². The summed E-state index contributed by atoms with van der Waals surface area (Å²) < 4.78 is 17.0. The number of hydrogen-bond acceptors (Lipinski definition) is 4. The van der Waals surface area contributed by atoms with Crippen molar-refractivity contribution in [2.45, 2.75) is 13.0 Å². The smallest absolute Gasteiger partial charge is 0.286 e. The Balaban J connectivity index is 1.80. The number of nitrogens with one attached hydrogen (secondary N) is 1. The minimum absolute atomic E-state index is 0.231. The van der Waals surface area contributed by atoms with Crippen LogP contribution in [-0.4, -0.2) is 26.2 Å². The highest BCUT2D eigenvalue weighted by molar-refractivity contribution is 9.10. The van der Waals surface area contributed by atoms with Crippen LogP contribution in [0.25, 0.3) is 0 Å². The first-order valence-electron chi connectivity index (χ1n) is 6.93. The van der Waals surface area contributed by atoms with Crippen molar-refractivity contribution in [1.29, 1.82) is 0 Å². The van der Waals surface area contributed by atoms with Crippen molar-refractivity contribution < 1.29 is 18.7 Å². The first-order chi connectivity index (χ1) is 10.7. The quantitative estimate of drug-likeness (QED) is 0.726. The van der Waals surface area contributed by atoms with Gasteiger partial charge in [0.25, 0.3) is 5.91 Å². The highest BCUT2D eigenvalue weighted by atomic mass is 79.9. The predicted octanol–water partition coefficient (Wildman–Crippen LogP) is 3.39. The van der Waals surface area contributed by atoms with E-state index in [1.165, 1.54) is 0 Å². The summed E-state index contributed by atoms with van der Waals surface area (Å²) in [6.45, 7) is 1.45. The summed E-state index contributed by atoms with van der Waals surface area (Å²) >= 11 is 3.36. The largest absolute Gasteiger partial charge is 0.486 e. The molecule has 0 radical (unpaired) electrons. The molecule has 1 amide bonds. The fraction of sp³-hybridized carbons (Fsp3) is 0.312. The fourth-order valence-corrected chi connectivity index (χ4v) is 2.03. The third-order valence-electron chi connectivity index (χ3n) is 2.89. The Bertz CT molecular complexity index is 594. The normalized spacial score (nSPS) is 10.5. The number of furan rings is 1. The van der Waals surface area contributed by atoms with Crippen LogP contribution < -0.4 is 10.1 Å². The second kappa shape index (κ2) is 8.60. The van der Waals surface area contributed by atoms with Gasteiger partial charge in [0.2, 0.25) is 0 Å². The van der Waals surface area contributed by atoms with Crippen molar-refractivity contribution >= 4 is 21.8 Å². The highest BCUT2D eigenvalue weighted by Crippen LogP contribution is 2.18.